The second kappa shape index (κ2) is 13.0. The molecule has 1 heterocycles. The van der Waals surface area contributed by atoms with Crippen molar-refractivity contribution in [3.63, 3.8) is 0 Å². The van der Waals surface area contributed by atoms with E-state index >= 15 is 0 Å². The van der Waals surface area contributed by atoms with Crippen LogP contribution in [0, 0.1) is 11.8 Å². The van der Waals surface area contributed by atoms with Crippen molar-refractivity contribution in [2.75, 3.05) is 4.90 Å². The van der Waals surface area contributed by atoms with Gasteiger partial charge in [0.2, 0.25) is 0 Å². The van der Waals surface area contributed by atoms with E-state index in [1.807, 2.05) is 0 Å². The minimum absolute atomic E-state index is 0.319. The lowest BCUT2D eigenvalue weighted by Crippen LogP contribution is -2.40. The van der Waals surface area contributed by atoms with E-state index in [9.17, 15) is 0 Å². The molecule has 53 heavy (non-hydrogen) atoms. The van der Waals surface area contributed by atoms with Crippen LogP contribution in [0.15, 0.2) is 176 Å². The summed E-state index contributed by atoms with van der Waals surface area (Å²) in [5.74, 6) is 1.67. The summed E-state index contributed by atoms with van der Waals surface area (Å²) < 4.78 is 2.43. The number of para-hydroxylation sites is 3. The average molecular weight is 685 g/mol. The number of hydrogen-bond donors (Lipinski definition) is 0. The van der Waals surface area contributed by atoms with E-state index in [2.05, 4.69) is 192 Å². The maximum Gasteiger partial charge on any atom is 0.0541 e. The van der Waals surface area contributed by atoms with Crippen molar-refractivity contribution >= 4 is 38.9 Å². The number of anilines is 3. The molecule has 8 aromatic rings. The van der Waals surface area contributed by atoms with Crippen molar-refractivity contribution < 1.29 is 0 Å². The van der Waals surface area contributed by atoms with Crippen molar-refractivity contribution in [3.05, 3.63) is 181 Å². The molecule has 3 fully saturated rings. The number of benzene rings is 7. The fourth-order valence-electron chi connectivity index (χ4n) is 9.80. The molecule has 0 aliphatic heterocycles. The van der Waals surface area contributed by atoms with E-state index in [-0.39, 0.29) is 0 Å². The number of rotatable bonds is 7. The maximum absolute atomic E-state index is 2.50. The molecule has 0 radical (unpaired) electrons. The van der Waals surface area contributed by atoms with Crippen molar-refractivity contribution in [1.29, 1.82) is 0 Å². The van der Waals surface area contributed by atoms with E-state index in [0.29, 0.717) is 5.41 Å². The second-order valence-electron chi connectivity index (χ2n) is 15.7. The fraction of sp³-hybridized carbons (Fsp3) is 0.176. The van der Waals surface area contributed by atoms with Crippen molar-refractivity contribution in [1.82, 2.24) is 4.57 Å². The lowest BCUT2D eigenvalue weighted by atomic mass is 9.57. The Bertz CT molecular complexity index is 2500. The molecule has 1 aromatic heterocycles. The smallest absolute Gasteiger partial charge is 0.0541 e. The number of aromatic nitrogens is 1. The van der Waals surface area contributed by atoms with Gasteiger partial charge >= 0.3 is 0 Å². The van der Waals surface area contributed by atoms with E-state index < -0.39 is 0 Å². The molecule has 0 saturated heterocycles. The predicted molar refractivity (Wildman–Crippen MR) is 224 cm³/mol. The minimum Gasteiger partial charge on any atom is -0.310 e. The number of hydrogen-bond acceptors (Lipinski definition) is 1. The SMILES string of the molecule is C[C@H]1CCC2CC(c3cccc(N(c4ccc(-c5ccccc5)cc4)c4ccc(-c5ccccc5-n5c6ccccc6c6ccccc65)cc4)c3)(C2)C1. The Labute approximate surface area is 313 Å². The molecule has 1 atom stereocenters. The summed E-state index contributed by atoms with van der Waals surface area (Å²) in [5, 5.41) is 2.55. The first kappa shape index (κ1) is 31.8. The van der Waals surface area contributed by atoms with Crippen LogP contribution < -0.4 is 4.90 Å². The zero-order chi connectivity index (χ0) is 35.4. The molecule has 0 unspecified atom stereocenters. The van der Waals surface area contributed by atoms with Crippen LogP contribution in [0.4, 0.5) is 17.1 Å². The molecule has 0 N–H and O–H groups in total. The van der Waals surface area contributed by atoms with Gasteiger partial charge in [0.1, 0.15) is 0 Å². The summed E-state index contributed by atoms with van der Waals surface area (Å²) in [5.41, 5.74) is 13.9. The Kier molecular flexibility index (Phi) is 7.79. The molecule has 2 nitrogen and oxygen atoms in total. The highest BCUT2D eigenvalue weighted by Gasteiger charge is 2.48. The van der Waals surface area contributed by atoms with Crippen LogP contribution in [0.3, 0.4) is 0 Å². The van der Waals surface area contributed by atoms with Gasteiger partial charge in [-0.15, -0.1) is 0 Å². The first-order chi connectivity index (χ1) is 26.1. The van der Waals surface area contributed by atoms with Gasteiger partial charge in [0.25, 0.3) is 0 Å². The van der Waals surface area contributed by atoms with Crippen LogP contribution in [0.25, 0.3) is 49.7 Å². The zero-order valence-corrected chi connectivity index (χ0v) is 30.3. The first-order valence-corrected chi connectivity index (χ1v) is 19.4. The quantitative estimate of drug-likeness (QED) is 0.162. The van der Waals surface area contributed by atoms with Crippen LogP contribution in [0.2, 0.25) is 0 Å². The summed E-state index contributed by atoms with van der Waals surface area (Å²) >= 11 is 0. The van der Waals surface area contributed by atoms with Crippen LogP contribution in [0.5, 0.6) is 0 Å². The Morgan fingerprint density at radius 3 is 1.77 bits per heavy atom. The van der Waals surface area contributed by atoms with Crippen LogP contribution in [-0.2, 0) is 5.41 Å². The molecule has 2 bridgehead atoms. The molecule has 7 aromatic carbocycles. The lowest BCUT2D eigenvalue weighted by Gasteiger charge is -2.47. The fourth-order valence-corrected chi connectivity index (χ4v) is 9.80. The highest BCUT2D eigenvalue weighted by atomic mass is 15.1. The van der Waals surface area contributed by atoms with Crippen LogP contribution >= 0.6 is 0 Å². The third-order valence-electron chi connectivity index (χ3n) is 12.3. The summed E-state index contributed by atoms with van der Waals surface area (Å²) in [7, 11) is 0. The normalized spacial score (nSPS) is 19.5. The summed E-state index contributed by atoms with van der Waals surface area (Å²) in [6.45, 7) is 2.47. The molecule has 0 spiro atoms. The summed E-state index contributed by atoms with van der Waals surface area (Å²) in [6.07, 6.45) is 6.76. The lowest BCUT2D eigenvalue weighted by molar-refractivity contribution is 0.141. The van der Waals surface area contributed by atoms with E-state index in [0.717, 1.165) is 17.5 Å². The van der Waals surface area contributed by atoms with Gasteiger partial charge in [0.15, 0.2) is 0 Å². The molecule has 3 aliphatic carbocycles. The molecule has 3 aliphatic rings. The predicted octanol–water partition coefficient (Wildman–Crippen LogP) is 14.1. The average Bonchev–Trinajstić information content (AvgIpc) is 3.30. The van der Waals surface area contributed by atoms with Gasteiger partial charge in [-0.1, -0.05) is 141 Å². The molecule has 2 heteroatoms. The highest BCUT2D eigenvalue weighted by Crippen LogP contribution is 2.57. The Balaban J connectivity index is 1.07. The van der Waals surface area contributed by atoms with E-state index in [4.69, 9.17) is 0 Å². The van der Waals surface area contributed by atoms with Crippen LogP contribution in [-0.4, -0.2) is 4.57 Å². The second-order valence-corrected chi connectivity index (χ2v) is 15.7. The number of fused-ring (bicyclic) bond motifs is 6. The zero-order valence-electron chi connectivity index (χ0n) is 30.3. The molecular formula is C51H44N2. The Hall–Kier alpha value is -5.86. The third-order valence-corrected chi connectivity index (χ3v) is 12.3. The minimum atomic E-state index is 0.319. The molecule has 0 amide bonds. The van der Waals surface area contributed by atoms with E-state index in [1.165, 1.54) is 98.8 Å². The molecule has 11 rings (SSSR count). The van der Waals surface area contributed by atoms with Gasteiger partial charge < -0.3 is 9.47 Å². The topological polar surface area (TPSA) is 8.17 Å². The third kappa shape index (κ3) is 5.56. The molecule has 3 saturated carbocycles. The summed E-state index contributed by atoms with van der Waals surface area (Å²) in [6, 6.07) is 64.8. The van der Waals surface area contributed by atoms with E-state index in [1.54, 1.807) is 0 Å². The van der Waals surface area contributed by atoms with Gasteiger partial charge in [0, 0.05) is 33.4 Å². The van der Waals surface area contributed by atoms with Crippen molar-refractivity contribution in [3.8, 4) is 27.9 Å². The van der Waals surface area contributed by atoms with Gasteiger partial charge in [-0.05, 0) is 113 Å². The Morgan fingerprint density at radius 2 is 1.08 bits per heavy atom. The molecule has 258 valence electrons. The van der Waals surface area contributed by atoms with Crippen molar-refractivity contribution in [2.24, 2.45) is 11.8 Å². The maximum atomic E-state index is 2.50. The largest absolute Gasteiger partial charge is 0.310 e. The van der Waals surface area contributed by atoms with Gasteiger partial charge in [-0.3, -0.25) is 0 Å². The standard InChI is InChI=1S/C51H44N2/c1-36-22-23-37-34-51(33-36,35-37)41-14-11-15-44(32-41)52(42-28-24-39(25-29-42)38-12-3-2-4-13-38)43-30-26-40(27-31-43)45-16-5-8-19-48(45)53-49-20-9-6-17-46(49)47-18-7-10-21-50(47)53/h2-21,24-32,36-37H,22-23,33-35H2,1H3/t36-,37?,51?/m0/s1. The number of nitrogens with zero attached hydrogens (tertiary/aromatic N) is 2. The highest BCUT2D eigenvalue weighted by molar-refractivity contribution is 6.09. The summed E-state index contributed by atoms with van der Waals surface area (Å²) in [4.78, 5) is 2.45. The van der Waals surface area contributed by atoms with Crippen LogP contribution in [0.1, 0.15) is 44.6 Å². The van der Waals surface area contributed by atoms with Gasteiger partial charge in [-0.2, -0.15) is 0 Å². The van der Waals surface area contributed by atoms with Gasteiger partial charge in [0.05, 0.1) is 16.7 Å². The monoisotopic (exact) mass is 684 g/mol. The Morgan fingerprint density at radius 1 is 0.491 bits per heavy atom. The van der Waals surface area contributed by atoms with Crippen molar-refractivity contribution in [2.45, 2.75) is 44.4 Å². The van der Waals surface area contributed by atoms with Gasteiger partial charge in [-0.25, -0.2) is 0 Å². The first-order valence-electron chi connectivity index (χ1n) is 19.4. The molecular weight excluding hydrogens is 641 g/mol.